The van der Waals surface area contributed by atoms with E-state index < -0.39 is 0 Å². The molecule has 0 radical (unpaired) electrons. The molecule has 1 unspecified atom stereocenters. The number of hydrogen-bond donors (Lipinski definition) is 0. The Kier molecular flexibility index (Phi) is 8.19. The van der Waals surface area contributed by atoms with Crippen molar-refractivity contribution in [1.29, 1.82) is 0 Å². The van der Waals surface area contributed by atoms with Crippen molar-refractivity contribution >= 4 is 93.7 Å². The highest BCUT2D eigenvalue weighted by atomic mass is 16.3. The average Bonchev–Trinajstić information content (AvgIpc) is 4.00. The SMILES string of the molecule is CC1C/C=C(c2ccc3c(oc4ccccc43)c2-n2c3ccccc3c3cc4ccccc4cc32)/N=C(c2cccc(-c3ccccc3)c2)\N=C/1n1c2ccccc2c2ccccc21. The average molecular weight is 821 g/mol. The third-order valence-electron chi connectivity index (χ3n) is 13.1. The minimum atomic E-state index is 0.0232. The second-order valence-corrected chi connectivity index (χ2v) is 17.0. The summed E-state index contributed by atoms with van der Waals surface area (Å²) < 4.78 is 11.8. The summed E-state index contributed by atoms with van der Waals surface area (Å²) in [5, 5.41) is 9.33. The van der Waals surface area contributed by atoms with E-state index in [1.807, 2.05) is 6.07 Å². The number of benzene rings is 9. The molecule has 5 nitrogen and oxygen atoms in total. The number of para-hydroxylation sites is 4. The van der Waals surface area contributed by atoms with Gasteiger partial charge in [-0.05, 0) is 82.9 Å². The summed E-state index contributed by atoms with van der Waals surface area (Å²) in [6, 6.07) is 71.4. The summed E-state index contributed by atoms with van der Waals surface area (Å²) in [7, 11) is 0. The van der Waals surface area contributed by atoms with Crippen molar-refractivity contribution in [1.82, 2.24) is 9.13 Å². The molecule has 1 aliphatic rings. The lowest BCUT2D eigenvalue weighted by atomic mass is 9.99. The lowest BCUT2D eigenvalue weighted by Crippen LogP contribution is -2.23. The van der Waals surface area contributed by atoms with Crippen LogP contribution in [0.1, 0.15) is 24.5 Å². The van der Waals surface area contributed by atoms with Crippen molar-refractivity contribution in [3.63, 3.8) is 0 Å². The van der Waals surface area contributed by atoms with E-state index in [1.54, 1.807) is 0 Å². The number of fused-ring (bicyclic) bond motifs is 10. The molecule has 0 spiro atoms. The van der Waals surface area contributed by atoms with Gasteiger partial charge in [-0.3, -0.25) is 4.57 Å². The molecule has 0 saturated carbocycles. The van der Waals surface area contributed by atoms with E-state index >= 15 is 0 Å². The van der Waals surface area contributed by atoms with Gasteiger partial charge in [0.05, 0.1) is 33.5 Å². The first-order valence-electron chi connectivity index (χ1n) is 22.0. The van der Waals surface area contributed by atoms with Crippen molar-refractivity contribution in [3.8, 4) is 16.8 Å². The minimum absolute atomic E-state index is 0.0232. The quantitative estimate of drug-likeness (QED) is 0.174. The second-order valence-electron chi connectivity index (χ2n) is 17.0. The summed E-state index contributed by atoms with van der Waals surface area (Å²) >= 11 is 0. The van der Waals surface area contributed by atoms with Gasteiger partial charge >= 0.3 is 0 Å². The maximum Gasteiger partial charge on any atom is 0.161 e. The van der Waals surface area contributed by atoms with Gasteiger partial charge in [0.15, 0.2) is 11.4 Å². The highest BCUT2D eigenvalue weighted by Gasteiger charge is 2.26. The van der Waals surface area contributed by atoms with Gasteiger partial charge in [-0.15, -0.1) is 0 Å². The normalized spacial score (nSPS) is 17.1. The lowest BCUT2D eigenvalue weighted by Gasteiger charge is -2.22. The number of aromatic nitrogens is 2. The van der Waals surface area contributed by atoms with Crippen LogP contribution in [0.4, 0.5) is 0 Å². The van der Waals surface area contributed by atoms with Gasteiger partial charge in [-0.1, -0.05) is 159 Å². The standard InChI is InChI=1S/C59H40N4O/c1-37-30-33-50(60-58(42-21-15-20-39(34-42)38-16-3-2-4-17-38)61-59(37)63-52-27-12-7-22-43(52)44-23-8-13-28-53(44)63)48-32-31-47-46-25-10-14-29-55(46)64-57(47)56(48)62-51-26-11-9-24-45(51)49-35-40-18-5-6-19-41(40)36-54(49)62/h2-29,31-37H,30H2,1H3/b50-33+,60-58-,61-59+. The molecule has 0 bridgehead atoms. The van der Waals surface area contributed by atoms with Crippen LogP contribution in [0.3, 0.4) is 0 Å². The number of furan rings is 1. The molecule has 13 rings (SSSR count). The Hall–Kier alpha value is -8.28. The van der Waals surface area contributed by atoms with Crippen LogP contribution in [0.2, 0.25) is 0 Å². The van der Waals surface area contributed by atoms with Gasteiger partial charge in [-0.25, -0.2) is 9.98 Å². The molecule has 9 aromatic carbocycles. The molecule has 1 atom stereocenters. The Morgan fingerprint density at radius 1 is 0.453 bits per heavy atom. The fourth-order valence-corrected chi connectivity index (χ4v) is 10.1. The summed E-state index contributed by atoms with van der Waals surface area (Å²) in [4.78, 5) is 11.5. The van der Waals surface area contributed by atoms with E-state index in [1.165, 1.54) is 32.3 Å². The van der Waals surface area contributed by atoms with E-state index in [4.69, 9.17) is 14.4 Å². The van der Waals surface area contributed by atoms with Crippen LogP contribution < -0.4 is 0 Å². The molecule has 12 aromatic rings. The van der Waals surface area contributed by atoms with Crippen LogP contribution in [0.5, 0.6) is 0 Å². The molecule has 4 heterocycles. The van der Waals surface area contributed by atoms with Crippen molar-refractivity contribution in [2.24, 2.45) is 15.9 Å². The Balaban J connectivity index is 1.12. The third kappa shape index (κ3) is 5.64. The van der Waals surface area contributed by atoms with Crippen LogP contribution in [-0.4, -0.2) is 20.8 Å². The second kappa shape index (κ2) is 14.4. The number of aliphatic imine (C=N–C) groups is 2. The Morgan fingerprint density at radius 2 is 1.05 bits per heavy atom. The van der Waals surface area contributed by atoms with Crippen LogP contribution in [0.15, 0.2) is 221 Å². The van der Waals surface area contributed by atoms with Crippen LogP contribution >= 0.6 is 0 Å². The highest BCUT2D eigenvalue weighted by Crippen LogP contribution is 2.43. The number of amidine groups is 1. The monoisotopic (exact) mass is 820 g/mol. The number of hydrogen-bond acceptors (Lipinski definition) is 3. The lowest BCUT2D eigenvalue weighted by molar-refractivity contribution is 0.666. The zero-order chi connectivity index (χ0) is 42.3. The van der Waals surface area contributed by atoms with E-state index in [2.05, 4.69) is 216 Å². The fourth-order valence-electron chi connectivity index (χ4n) is 10.1. The molecule has 64 heavy (non-hydrogen) atoms. The van der Waals surface area contributed by atoms with Crippen LogP contribution in [-0.2, 0) is 0 Å². The molecule has 0 saturated heterocycles. The summed E-state index contributed by atoms with van der Waals surface area (Å²) in [5.74, 6) is 1.63. The Bertz CT molecular complexity index is 3900. The third-order valence-corrected chi connectivity index (χ3v) is 13.1. The fraction of sp³-hybridized carbons (Fsp3) is 0.0508. The zero-order valence-electron chi connectivity index (χ0n) is 35.1. The first-order valence-corrected chi connectivity index (χ1v) is 22.0. The zero-order valence-corrected chi connectivity index (χ0v) is 35.1. The molecule has 0 fully saturated rings. The minimum Gasteiger partial charge on any atom is -0.454 e. The molecule has 302 valence electrons. The molecule has 5 heteroatoms. The van der Waals surface area contributed by atoms with Gasteiger partial charge in [0.2, 0.25) is 0 Å². The first kappa shape index (κ1) is 36.4. The maximum atomic E-state index is 7.00. The number of allylic oxidation sites excluding steroid dienone is 1. The predicted molar refractivity (Wildman–Crippen MR) is 268 cm³/mol. The molecule has 3 aromatic heterocycles. The van der Waals surface area contributed by atoms with Crippen molar-refractivity contribution in [2.45, 2.75) is 13.3 Å². The molecular formula is C59H40N4O. The molecule has 0 aliphatic carbocycles. The van der Waals surface area contributed by atoms with E-state index in [9.17, 15) is 0 Å². The maximum absolute atomic E-state index is 7.00. The van der Waals surface area contributed by atoms with Gasteiger partial charge in [0.25, 0.3) is 0 Å². The highest BCUT2D eigenvalue weighted by molar-refractivity contribution is 6.19. The Labute approximate surface area is 369 Å². The van der Waals surface area contributed by atoms with Gasteiger partial charge in [0.1, 0.15) is 11.4 Å². The topological polar surface area (TPSA) is 47.7 Å². The van der Waals surface area contributed by atoms with E-state index in [0.717, 1.165) is 83.5 Å². The Morgan fingerprint density at radius 3 is 1.80 bits per heavy atom. The summed E-state index contributed by atoms with van der Waals surface area (Å²) in [6.45, 7) is 2.29. The van der Waals surface area contributed by atoms with Gasteiger partial charge < -0.3 is 8.98 Å². The summed E-state index contributed by atoms with van der Waals surface area (Å²) in [6.07, 6.45) is 3.04. The summed E-state index contributed by atoms with van der Waals surface area (Å²) in [5.41, 5.74) is 12.1. The first-order chi connectivity index (χ1) is 31.7. The van der Waals surface area contributed by atoms with E-state index in [-0.39, 0.29) is 5.92 Å². The van der Waals surface area contributed by atoms with Crippen molar-refractivity contribution < 1.29 is 4.42 Å². The molecule has 1 aliphatic heterocycles. The van der Waals surface area contributed by atoms with Crippen molar-refractivity contribution in [3.05, 3.63) is 217 Å². The molecular weight excluding hydrogens is 781 g/mol. The molecule has 0 amide bonds. The number of nitrogens with zero attached hydrogens (tertiary/aromatic N) is 4. The van der Waals surface area contributed by atoms with Crippen LogP contribution in [0, 0.1) is 5.92 Å². The van der Waals surface area contributed by atoms with E-state index in [0.29, 0.717) is 12.3 Å². The smallest absolute Gasteiger partial charge is 0.161 e. The molecule has 0 N–H and O–H groups in total. The van der Waals surface area contributed by atoms with Crippen LogP contribution in [0.25, 0.3) is 98.8 Å². The van der Waals surface area contributed by atoms with Crippen molar-refractivity contribution in [2.75, 3.05) is 0 Å². The van der Waals surface area contributed by atoms with Gasteiger partial charge in [0, 0.05) is 49.4 Å². The number of rotatable bonds is 4. The predicted octanol–water partition coefficient (Wildman–Crippen LogP) is 15.4. The van der Waals surface area contributed by atoms with Gasteiger partial charge in [-0.2, -0.15) is 0 Å². The largest absolute Gasteiger partial charge is 0.454 e.